The van der Waals surface area contributed by atoms with Gasteiger partial charge in [-0.15, -0.1) is 0 Å². The van der Waals surface area contributed by atoms with E-state index in [9.17, 15) is 37.6 Å². The van der Waals surface area contributed by atoms with Crippen LogP contribution in [0.4, 0.5) is 45.8 Å². The fourth-order valence-corrected chi connectivity index (χ4v) is 7.51. The van der Waals surface area contributed by atoms with Crippen LogP contribution < -0.4 is 29.9 Å². The number of nitrogens with one attached hydrogen (secondary N) is 2. The van der Waals surface area contributed by atoms with Crippen molar-refractivity contribution in [1.82, 2.24) is 19.8 Å². The summed E-state index contributed by atoms with van der Waals surface area (Å²) >= 11 is 24.3. The Bertz CT molecular complexity index is 2500. The summed E-state index contributed by atoms with van der Waals surface area (Å²) in [6, 6.07) is 11.4. The summed E-state index contributed by atoms with van der Waals surface area (Å²) in [4.78, 5) is 63.6. The van der Waals surface area contributed by atoms with Gasteiger partial charge in [0.15, 0.2) is 17.2 Å². The van der Waals surface area contributed by atoms with Crippen LogP contribution in [0.2, 0.25) is 20.1 Å². The first-order chi connectivity index (χ1) is 31.0. The van der Waals surface area contributed by atoms with Crippen molar-refractivity contribution >= 4 is 93.4 Å². The summed E-state index contributed by atoms with van der Waals surface area (Å²) in [5.41, 5.74) is -1.26. The van der Waals surface area contributed by atoms with Crippen molar-refractivity contribution in [3.63, 3.8) is 0 Å². The number of hydrogen-bond donors (Lipinski definition) is 2. The number of ether oxygens (including phenoxy) is 4. The molecule has 5 heterocycles. The molecule has 4 aromatic rings. The molecular formula is C41H38Cl4F3N9O8. The average molecular weight is 984 g/mol. The fraction of sp³-hybridized carbons (Fsp3) is 0.341. The van der Waals surface area contributed by atoms with Crippen LogP contribution >= 0.6 is 46.4 Å². The molecule has 17 nitrogen and oxygen atoms in total. The summed E-state index contributed by atoms with van der Waals surface area (Å²) < 4.78 is 61.1. The van der Waals surface area contributed by atoms with Crippen LogP contribution in [-0.4, -0.2) is 116 Å². The van der Waals surface area contributed by atoms with Gasteiger partial charge in [0.2, 0.25) is 6.79 Å². The molecule has 4 amide bonds. The number of rotatable bonds is 8. The highest BCUT2D eigenvalue weighted by atomic mass is 35.5. The Labute approximate surface area is 389 Å². The van der Waals surface area contributed by atoms with Gasteiger partial charge in [-0.25, -0.2) is 29.1 Å². The number of nitriles is 1. The fourth-order valence-electron chi connectivity index (χ4n) is 6.63. The molecule has 0 radical (unpaired) electrons. The average Bonchev–Trinajstić information content (AvgIpc) is 3.76. The largest absolute Gasteiger partial charge is 0.462 e. The SMILES string of the molecule is CCOC(=O)c1cc(C#N)c(N2CCN(C(=O)Nc3ccc4c(c3)OCO4)CC2)nc1C(F)(F)F.CCOC(=O)c1cnc(N2CCN(C(=O)Nc3cc(Cl)c(Cl)cc3Cl)CC2)c(Cl)c1. The van der Waals surface area contributed by atoms with E-state index in [2.05, 4.69) is 20.6 Å². The van der Waals surface area contributed by atoms with Gasteiger partial charge < -0.3 is 49.2 Å². The highest BCUT2D eigenvalue weighted by Gasteiger charge is 2.40. The minimum Gasteiger partial charge on any atom is -0.462 e. The number of anilines is 4. The Morgan fingerprint density at radius 2 is 1.32 bits per heavy atom. The van der Waals surface area contributed by atoms with Crippen molar-refractivity contribution in [2.45, 2.75) is 20.0 Å². The molecule has 344 valence electrons. The number of esters is 2. The van der Waals surface area contributed by atoms with E-state index in [1.807, 2.05) is 4.90 Å². The van der Waals surface area contributed by atoms with Crippen molar-refractivity contribution in [2.75, 3.05) is 92.8 Å². The van der Waals surface area contributed by atoms with E-state index >= 15 is 0 Å². The molecule has 0 unspecified atom stereocenters. The van der Waals surface area contributed by atoms with Crippen LogP contribution in [0.25, 0.3) is 0 Å². The van der Waals surface area contributed by atoms with Gasteiger partial charge in [0.25, 0.3) is 0 Å². The summed E-state index contributed by atoms with van der Waals surface area (Å²) in [6.45, 7) is 5.97. The van der Waals surface area contributed by atoms with Gasteiger partial charge in [-0.3, -0.25) is 0 Å². The number of carbonyl (C=O) groups is 4. The van der Waals surface area contributed by atoms with Crippen molar-refractivity contribution < 1.29 is 51.3 Å². The third kappa shape index (κ3) is 11.8. The summed E-state index contributed by atoms with van der Waals surface area (Å²) in [5, 5.41) is 16.3. The van der Waals surface area contributed by atoms with E-state index in [4.69, 9.17) is 65.4 Å². The molecule has 0 spiro atoms. The number of fused-ring (bicyclic) bond motifs is 1. The quantitative estimate of drug-likeness (QED) is 0.126. The van der Waals surface area contributed by atoms with Crippen LogP contribution in [0.5, 0.6) is 11.5 Å². The maximum Gasteiger partial charge on any atom is 0.434 e. The molecule has 2 saturated heterocycles. The highest BCUT2D eigenvalue weighted by molar-refractivity contribution is 6.44. The van der Waals surface area contributed by atoms with Gasteiger partial charge in [-0.2, -0.15) is 18.4 Å². The lowest BCUT2D eigenvalue weighted by molar-refractivity contribution is -0.141. The maximum atomic E-state index is 13.6. The lowest BCUT2D eigenvalue weighted by Crippen LogP contribution is -2.50. The molecule has 2 aromatic heterocycles. The van der Waals surface area contributed by atoms with Crippen molar-refractivity contribution in [3.05, 3.63) is 91.1 Å². The number of benzene rings is 2. The zero-order valence-corrected chi connectivity index (χ0v) is 37.5. The van der Waals surface area contributed by atoms with Gasteiger partial charge in [0, 0.05) is 70.3 Å². The summed E-state index contributed by atoms with van der Waals surface area (Å²) in [7, 11) is 0. The lowest BCUT2D eigenvalue weighted by atomic mass is 10.1. The van der Waals surface area contributed by atoms with Crippen LogP contribution in [-0.2, 0) is 15.7 Å². The third-order valence-corrected chi connectivity index (χ3v) is 11.1. The molecule has 0 aliphatic carbocycles. The normalized spacial score (nSPS) is 14.5. The zero-order valence-electron chi connectivity index (χ0n) is 34.4. The number of carbonyl (C=O) groups excluding carboxylic acids is 4. The Hall–Kier alpha value is -6.14. The first kappa shape index (κ1) is 48.3. The Morgan fingerprint density at radius 3 is 1.92 bits per heavy atom. The number of hydrogen-bond acceptors (Lipinski definition) is 13. The van der Waals surface area contributed by atoms with Crippen LogP contribution in [0.15, 0.2) is 48.7 Å². The second kappa shape index (κ2) is 21.2. The molecule has 3 aliphatic heterocycles. The van der Waals surface area contributed by atoms with E-state index < -0.39 is 35.4 Å². The van der Waals surface area contributed by atoms with Gasteiger partial charge in [0.05, 0.1) is 55.7 Å². The van der Waals surface area contributed by atoms with Gasteiger partial charge in [-0.05, 0) is 50.2 Å². The monoisotopic (exact) mass is 981 g/mol. The van der Waals surface area contributed by atoms with Gasteiger partial charge in [-0.1, -0.05) is 46.4 Å². The first-order valence-corrected chi connectivity index (χ1v) is 21.2. The Morgan fingerprint density at radius 1 is 0.738 bits per heavy atom. The molecule has 2 aromatic carbocycles. The number of nitrogens with zero attached hydrogens (tertiary/aromatic N) is 7. The Balaban J connectivity index is 0.000000218. The van der Waals surface area contributed by atoms with Gasteiger partial charge in [0.1, 0.15) is 17.7 Å². The third-order valence-electron chi connectivity index (χ3n) is 9.83. The van der Waals surface area contributed by atoms with Crippen LogP contribution in [0.3, 0.4) is 0 Å². The highest BCUT2D eigenvalue weighted by Crippen LogP contribution is 2.37. The molecule has 7 rings (SSSR count). The first-order valence-electron chi connectivity index (χ1n) is 19.7. The van der Waals surface area contributed by atoms with Crippen molar-refractivity contribution in [2.24, 2.45) is 0 Å². The van der Waals surface area contributed by atoms with Crippen molar-refractivity contribution in [3.8, 4) is 17.6 Å². The predicted molar refractivity (Wildman–Crippen MR) is 235 cm³/mol. The zero-order chi connectivity index (χ0) is 47.0. The molecule has 65 heavy (non-hydrogen) atoms. The van der Waals surface area contributed by atoms with E-state index in [1.165, 1.54) is 41.1 Å². The number of urea groups is 2. The number of pyridine rings is 2. The number of aromatic nitrogens is 2. The number of halogens is 7. The van der Waals surface area contributed by atoms with E-state index in [0.29, 0.717) is 80.5 Å². The maximum absolute atomic E-state index is 13.6. The number of alkyl halides is 3. The summed E-state index contributed by atoms with van der Waals surface area (Å²) in [5.74, 6) is -0.249. The lowest BCUT2D eigenvalue weighted by Gasteiger charge is -2.36. The molecule has 3 aliphatic rings. The van der Waals surface area contributed by atoms with E-state index in [-0.39, 0.29) is 63.6 Å². The topological polar surface area (TPSA) is 192 Å². The second-order valence-electron chi connectivity index (χ2n) is 14.0. The molecule has 0 saturated carbocycles. The molecule has 0 bridgehead atoms. The van der Waals surface area contributed by atoms with Crippen LogP contribution in [0.1, 0.15) is 45.8 Å². The second-order valence-corrected chi connectivity index (χ2v) is 15.6. The molecule has 2 fully saturated rings. The smallest absolute Gasteiger partial charge is 0.434 e. The molecule has 2 N–H and O–H groups in total. The molecule has 24 heteroatoms. The minimum atomic E-state index is -4.93. The summed E-state index contributed by atoms with van der Waals surface area (Å²) in [6.07, 6.45) is -3.50. The van der Waals surface area contributed by atoms with Gasteiger partial charge >= 0.3 is 30.2 Å². The predicted octanol–water partition coefficient (Wildman–Crippen LogP) is 8.46. The minimum absolute atomic E-state index is 0.101. The van der Waals surface area contributed by atoms with E-state index in [1.54, 1.807) is 36.1 Å². The molecular weight excluding hydrogens is 945 g/mol. The Kier molecular flexibility index (Phi) is 15.8. The van der Waals surface area contributed by atoms with E-state index in [0.717, 1.165) is 6.07 Å². The van der Waals surface area contributed by atoms with Crippen LogP contribution in [0, 0.1) is 11.3 Å². The number of piperazine rings is 2. The van der Waals surface area contributed by atoms with Crippen molar-refractivity contribution in [1.29, 1.82) is 5.26 Å². The standard InChI is InChI=1S/C22H20F3N5O5.C19H18Cl4N4O3/c1-2-33-20(31)15-9-13(11-26)19(28-18(15)22(23,24)25)29-5-7-30(8-6-29)21(32)27-14-3-4-16-17(10-14)35-12-34-16;1-2-30-18(28)11-7-15(23)17(24-10-11)26-3-5-27(6-4-26)19(29)25-16-9-13(21)12(20)8-14(16)22/h3-4,9-10H,2,5-8,12H2,1H3,(H,27,32);7-10H,2-6H2,1H3,(H,25,29). The number of amides is 4. The molecule has 0 atom stereocenters.